The van der Waals surface area contributed by atoms with E-state index in [0.29, 0.717) is 29.8 Å². The summed E-state index contributed by atoms with van der Waals surface area (Å²) in [6.45, 7) is 13.8. The molecule has 2 aliphatic rings. The van der Waals surface area contributed by atoms with Gasteiger partial charge >= 0.3 is 5.97 Å². The highest BCUT2D eigenvalue weighted by Gasteiger charge is 2.37. The molecule has 0 amide bonds. The first-order valence-electron chi connectivity index (χ1n) is 12.9. The number of nitrogens with zero attached hydrogens (tertiary/aromatic N) is 2. The lowest BCUT2D eigenvalue weighted by molar-refractivity contribution is 0.0530. The fourth-order valence-electron chi connectivity index (χ4n) is 4.17. The average molecular weight is 527 g/mol. The van der Waals surface area contributed by atoms with Crippen molar-refractivity contribution in [2.45, 2.75) is 52.4 Å². The van der Waals surface area contributed by atoms with E-state index in [1.165, 1.54) is 0 Å². The number of ether oxygens (including phenoxy) is 1. The number of aromatic nitrogens is 4. The van der Waals surface area contributed by atoms with Gasteiger partial charge in [0.25, 0.3) is 0 Å². The minimum Gasteiger partial charge on any atom is -0.462 e. The third kappa shape index (κ3) is 5.14. The Balaban J connectivity index is 1.74. The first kappa shape index (κ1) is 25.9. The van der Waals surface area contributed by atoms with Crippen molar-refractivity contribution in [3.8, 4) is 0 Å². The molecular formula is C30H34N4O3Si. The van der Waals surface area contributed by atoms with Crippen molar-refractivity contribution >= 4 is 60.7 Å². The lowest BCUT2D eigenvalue weighted by Gasteiger charge is -2.36. The van der Waals surface area contributed by atoms with Gasteiger partial charge in [-0.15, -0.1) is 0 Å². The zero-order valence-electron chi connectivity index (χ0n) is 22.8. The summed E-state index contributed by atoms with van der Waals surface area (Å²) in [4.78, 5) is 29.5. The molecule has 0 aromatic carbocycles. The molecule has 0 unspecified atom stereocenters. The Hall–Kier alpha value is -3.75. The van der Waals surface area contributed by atoms with Crippen LogP contribution in [0.15, 0.2) is 36.4 Å². The summed E-state index contributed by atoms with van der Waals surface area (Å²) < 4.78 is 12.0. The fraction of sp³-hybridized carbons (Fsp3) is 0.300. The predicted molar refractivity (Wildman–Crippen MR) is 157 cm³/mol. The maximum Gasteiger partial charge on any atom is 0.342 e. The van der Waals surface area contributed by atoms with E-state index in [0.717, 1.165) is 39.4 Å². The molecule has 8 heteroatoms. The van der Waals surface area contributed by atoms with Crippen LogP contribution in [0.2, 0.25) is 18.1 Å². The Kier molecular flexibility index (Phi) is 6.71. The third-order valence-corrected chi connectivity index (χ3v) is 11.8. The molecule has 0 saturated heterocycles. The molecule has 2 N–H and O–H groups in total. The number of aromatic amines is 2. The molecule has 38 heavy (non-hydrogen) atoms. The van der Waals surface area contributed by atoms with Crippen molar-refractivity contribution in [1.29, 1.82) is 0 Å². The van der Waals surface area contributed by atoms with E-state index >= 15 is 0 Å². The molecule has 5 heterocycles. The Morgan fingerprint density at radius 2 is 1.39 bits per heavy atom. The largest absolute Gasteiger partial charge is 0.462 e. The number of nitrogens with one attached hydrogen (secondary N) is 2. The lowest BCUT2D eigenvalue weighted by Crippen LogP contribution is -2.40. The minimum atomic E-state index is -1.99. The van der Waals surface area contributed by atoms with Gasteiger partial charge in [0.05, 0.1) is 47.0 Å². The van der Waals surface area contributed by atoms with Gasteiger partial charge in [-0.1, -0.05) is 20.8 Å². The molecule has 5 rings (SSSR count). The van der Waals surface area contributed by atoms with E-state index < -0.39 is 8.32 Å². The number of hydrogen-bond donors (Lipinski definition) is 2. The van der Waals surface area contributed by atoms with Crippen LogP contribution in [0.5, 0.6) is 0 Å². The van der Waals surface area contributed by atoms with Gasteiger partial charge in [-0.2, -0.15) is 0 Å². The molecule has 3 aromatic rings. The lowest BCUT2D eigenvalue weighted by atomic mass is 10.2. The normalized spacial score (nSPS) is 13.2. The second-order valence-corrected chi connectivity index (χ2v) is 15.9. The number of esters is 1. The van der Waals surface area contributed by atoms with Crippen molar-refractivity contribution in [2.24, 2.45) is 0 Å². The summed E-state index contributed by atoms with van der Waals surface area (Å²) in [6.07, 6.45) is 8.01. The SMILES string of the molecule is CCOC(=O)c1c2ccc(cc3nc(c(CO[Si](C)(C)C(C)(C)C)c4nc(cc5ccc1[nH]5)C=C4)C=C3)[nH]2. The molecule has 8 bridgehead atoms. The Morgan fingerprint density at radius 3 is 1.87 bits per heavy atom. The number of H-pyrrole nitrogens is 2. The molecule has 0 saturated carbocycles. The quantitative estimate of drug-likeness (QED) is 0.184. The summed E-state index contributed by atoms with van der Waals surface area (Å²) >= 11 is 0. The monoisotopic (exact) mass is 526 g/mol. The molecule has 196 valence electrons. The number of fused-ring (bicyclic) bond motifs is 8. The van der Waals surface area contributed by atoms with Crippen LogP contribution in [0.4, 0.5) is 0 Å². The number of carbonyl (C=O) groups is 1. The second kappa shape index (κ2) is 9.85. The van der Waals surface area contributed by atoms with Crippen molar-refractivity contribution in [2.75, 3.05) is 6.61 Å². The van der Waals surface area contributed by atoms with E-state index in [-0.39, 0.29) is 11.0 Å². The number of hydrogen-bond acceptors (Lipinski definition) is 5. The Bertz CT molecular complexity index is 1530. The highest BCUT2D eigenvalue weighted by Crippen LogP contribution is 2.37. The van der Waals surface area contributed by atoms with Gasteiger partial charge in [0.1, 0.15) is 5.56 Å². The highest BCUT2D eigenvalue weighted by molar-refractivity contribution is 6.74. The molecule has 0 spiro atoms. The molecule has 7 nitrogen and oxygen atoms in total. The Morgan fingerprint density at radius 1 is 0.868 bits per heavy atom. The molecular weight excluding hydrogens is 492 g/mol. The van der Waals surface area contributed by atoms with E-state index in [1.54, 1.807) is 6.92 Å². The van der Waals surface area contributed by atoms with Gasteiger partial charge in [0.2, 0.25) is 0 Å². The first-order valence-corrected chi connectivity index (χ1v) is 15.9. The zero-order valence-corrected chi connectivity index (χ0v) is 23.8. The van der Waals surface area contributed by atoms with Crippen LogP contribution in [0.3, 0.4) is 0 Å². The van der Waals surface area contributed by atoms with Crippen LogP contribution in [-0.4, -0.2) is 40.8 Å². The van der Waals surface area contributed by atoms with Crippen LogP contribution >= 0.6 is 0 Å². The maximum atomic E-state index is 12.9. The molecule has 0 aliphatic carbocycles. The van der Waals surface area contributed by atoms with Gasteiger partial charge in [0, 0.05) is 16.6 Å². The van der Waals surface area contributed by atoms with Gasteiger partial charge in [-0.05, 0) is 85.8 Å². The fourth-order valence-corrected chi connectivity index (χ4v) is 5.11. The van der Waals surface area contributed by atoms with Crippen LogP contribution < -0.4 is 0 Å². The van der Waals surface area contributed by atoms with Gasteiger partial charge in [-0.3, -0.25) is 0 Å². The zero-order chi connectivity index (χ0) is 27.1. The van der Waals surface area contributed by atoms with Crippen LogP contribution in [-0.2, 0) is 15.8 Å². The molecule has 0 fully saturated rings. The highest BCUT2D eigenvalue weighted by atomic mass is 28.4. The summed E-state index contributed by atoms with van der Waals surface area (Å²) in [5.74, 6) is -0.390. The standard InChI is InChI=1S/C30H34N4O3Si/c1-7-36-29(35)28-26-14-10-21(33-26)16-19-8-12-24(31-19)23(18-37-38(5,6)30(2,3)4)25-13-9-20(32-25)17-22-11-15-27(28)34-22/h8-17,33-34H,7,18H2,1-6H3. The molecule has 0 radical (unpaired) electrons. The smallest absolute Gasteiger partial charge is 0.342 e. The summed E-state index contributed by atoms with van der Waals surface area (Å²) in [5, 5.41) is 0.0960. The van der Waals surface area contributed by atoms with E-state index in [9.17, 15) is 4.79 Å². The van der Waals surface area contributed by atoms with Crippen molar-refractivity contribution in [3.63, 3.8) is 0 Å². The summed E-state index contributed by atoms with van der Waals surface area (Å²) in [6, 6.07) is 11.6. The molecule has 2 aliphatic heterocycles. The van der Waals surface area contributed by atoms with Crippen LogP contribution in [0, 0.1) is 0 Å². The first-order chi connectivity index (χ1) is 18.0. The topological polar surface area (TPSA) is 92.9 Å². The van der Waals surface area contributed by atoms with Crippen molar-refractivity contribution in [1.82, 2.24) is 19.9 Å². The predicted octanol–water partition coefficient (Wildman–Crippen LogP) is 7.35. The summed E-state index contributed by atoms with van der Waals surface area (Å²) in [7, 11) is -1.99. The minimum absolute atomic E-state index is 0.0960. The average Bonchev–Trinajstić information content (AvgIpc) is 3.64. The van der Waals surface area contributed by atoms with Gasteiger partial charge in [0.15, 0.2) is 8.32 Å². The number of rotatable bonds is 5. The van der Waals surface area contributed by atoms with Gasteiger partial charge in [-0.25, -0.2) is 14.8 Å². The van der Waals surface area contributed by atoms with E-state index in [1.807, 2.05) is 60.7 Å². The summed E-state index contributed by atoms with van der Waals surface area (Å²) in [5.41, 5.74) is 7.75. The van der Waals surface area contributed by atoms with E-state index in [2.05, 4.69) is 43.8 Å². The van der Waals surface area contributed by atoms with Crippen LogP contribution in [0.25, 0.3) is 46.4 Å². The second-order valence-electron chi connectivity index (χ2n) is 11.1. The van der Waals surface area contributed by atoms with Crippen LogP contribution in [0.1, 0.15) is 66.4 Å². The maximum absolute atomic E-state index is 12.9. The number of carbonyl (C=O) groups excluding carboxylic acids is 1. The van der Waals surface area contributed by atoms with Crippen molar-refractivity contribution < 1.29 is 14.0 Å². The van der Waals surface area contributed by atoms with Gasteiger partial charge < -0.3 is 19.1 Å². The third-order valence-electron chi connectivity index (χ3n) is 7.37. The Labute approximate surface area is 223 Å². The van der Waals surface area contributed by atoms with Crippen molar-refractivity contribution in [3.05, 3.63) is 70.3 Å². The molecule has 3 aromatic heterocycles. The molecule has 0 atom stereocenters. The van der Waals surface area contributed by atoms with E-state index in [4.69, 9.17) is 19.1 Å².